The Kier molecular flexibility index (Phi) is 9.21. The van der Waals surface area contributed by atoms with Gasteiger partial charge in [-0.05, 0) is 54.2 Å². The van der Waals surface area contributed by atoms with E-state index in [9.17, 15) is 23.2 Å². The fourth-order valence-corrected chi connectivity index (χ4v) is 5.96. The number of piperidine rings is 1. The van der Waals surface area contributed by atoms with Gasteiger partial charge < -0.3 is 19.3 Å². The van der Waals surface area contributed by atoms with Crippen LogP contribution in [-0.2, 0) is 19.4 Å². The zero-order valence-corrected chi connectivity index (χ0v) is 22.2. The summed E-state index contributed by atoms with van der Waals surface area (Å²) < 4.78 is 36.5. The molecular weight excluding hydrogens is 512 g/mol. The van der Waals surface area contributed by atoms with Gasteiger partial charge in [-0.1, -0.05) is 24.3 Å². The molecule has 206 valence electrons. The zero-order chi connectivity index (χ0) is 27.1. The number of benzene rings is 2. The minimum absolute atomic E-state index is 0.0523. The lowest BCUT2D eigenvalue weighted by Gasteiger charge is -2.38. The summed E-state index contributed by atoms with van der Waals surface area (Å²) in [5.74, 6) is -0.689. The molecule has 2 heterocycles. The van der Waals surface area contributed by atoms with Crippen LogP contribution in [-0.4, -0.2) is 93.8 Å². The number of nitrogens with zero attached hydrogens (tertiary/aromatic N) is 2. The Bertz CT molecular complexity index is 1190. The molecule has 11 nitrogen and oxygen atoms in total. The van der Waals surface area contributed by atoms with Crippen molar-refractivity contribution in [1.29, 1.82) is 0 Å². The molecule has 2 saturated heterocycles. The van der Waals surface area contributed by atoms with E-state index in [0.29, 0.717) is 52.2 Å². The third kappa shape index (κ3) is 6.62. The van der Waals surface area contributed by atoms with E-state index in [4.69, 9.17) is 9.47 Å². The fourth-order valence-electron chi connectivity index (χ4n) is 4.84. The number of methoxy groups -OCH3 is 1. The van der Waals surface area contributed by atoms with Crippen molar-refractivity contribution in [1.82, 2.24) is 20.6 Å². The van der Waals surface area contributed by atoms with Crippen LogP contribution in [0.25, 0.3) is 11.1 Å². The Morgan fingerprint density at radius 3 is 2.08 bits per heavy atom. The maximum absolute atomic E-state index is 13.0. The van der Waals surface area contributed by atoms with E-state index in [2.05, 4.69) is 5.32 Å². The van der Waals surface area contributed by atoms with Gasteiger partial charge in [-0.3, -0.25) is 15.3 Å². The number of hydrogen-bond donors (Lipinski definition) is 3. The molecule has 0 bridgehead atoms. The number of morpholine rings is 1. The number of likely N-dealkylation sites (tertiary alicyclic amines) is 1. The number of urea groups is 1. The number of carbonyl (C=O) groups excluding carboxylic acids is 2. The second-order valence-electron chi connectivity index (χ2n) is 9.38. The molecule has 2 aromatic rings. The molecule has 3 N–H and O–H groups in total. The van der Waals surface area contributed by atoms with Gasteiger partial charge in [0.2, 0.25) is 0 Å². The van der Waals surface area contributed by atoms with Crippen LogP contribution in [0.4, 0.5) is 4.79 Å². The number of ether oxygens (including phenoxy) is 2. The summed E-state index contributed by atoms with van der Waals surface area (Å²) in [6, 6.07) is 13.0. The van der Waals surface area contributed by atoms with Crippen molar-refractivity contribution in [2.45, 2.75) is 23.8 Å². The number of hydroxylamine groups is 1. The summed E-state index contributed by atoms with van der Waals surface area (Å²) in [6.45, 7) is 3.02. The van der Waals surface area contributed by atoms with E-state index in [1.807, 2.05) is 24.3 Å². The molecule has 1 atom stereocenters. The van der Waals surface area contributed by atoms with Crippen LogP contribution in [0.15, 0.2) is 53.4 Å². The first-order chi connectivity index (χ1) is 18.3. The van der Waals surface area contributed by atoms with E-state index in [1.54, 1.807) is 34.5 Å². The maximum Gasteiger partial charge on any atom is 0.320 e. The Balaban J connectivity index is 1.36. The lowest BCUT2D eigenvalue weighted by Crippen LogP contribution is -2.55. The molecule has 38 heavy (non-hydrogen) atoms. The van der Waals surface area contributed by atoms with Crippen LogP contribution >= 0.6 is 0 Å². The van der Waals surface area contributed by atoms with E-state index >= 15 is 0 Å². The number of hydrogen-bond acceptors (Lipinski definition) is 8. The third-order valence-corrected chi connectivity index (χ3v) is 8.62. The first-order valence-electron chi connectivity index (χ1n) is 12.6. The van der Waals surface area contributed by atoms with Gasteiger partial charge in [0.1, 0.15) is 11.6 Å². The van der Waals surface area contributed by atoms with Gasteiger partial charge in [-0.25, -0.2) is 18.7 Å². The summed E-state index contributed by atoms with van der Waals surface area (Å²) in [4.78, 5) is 28.8. The fraction of sp³-hybridized carbons (Fsp3) is 0.462. The molecule has 2 aliphatic heterocycles. The summed E-state index contributed by atoms with van der Waals surface area (Å²) in [7, 11) is -2.17. The largest absolute Gasteiger partial charge is 0.497 e. The van der Waals surface area contributed by atoms with E-state index < -0.39 is 27.7 Å². The van der Waals surface area contributed by atoms with Gasteiger partial charge in [0, 0.05) is 26.2 Å². The highest BCUT2D eigenvalue weighted by atomic mass is 32.2. The third-order valence-electron chi connectivity index (χ3n) is 7.09. The highest BCUT2D eigenvalue weighted by Gasteiger charge is 2.34. The molecule has 3 amide bonds. The highest BCUT2D eigenvalue weighted by Crippen LogP contribution is 2.25. The Hall–Kier alpha value is -3.19. The van der Waals surface area contributed by atoms with Crippen LogP contribution in [0.5, 0.6) is 5.75 Å². The standard InChI is InChI=1S/C26H34N4O7S/c1-36-22-6-2-19(3-7-22)20-4-8-23(9-5-20)38(34,35)18-27-24(25(31)28-33)21-10-12-29(13-11-21)26(32)30-14-16-37-17-15-30/h2-9,21,24,27,33H,10-18H2,1H3,(H,28,31). The summed E-state index contributed by atoms with van der Waals surface area (Å²) >= 11 is 0. The quantitative estimate of drug-likeness (QED) is 0.336. The Morgan fingerprint density at radius 1 is 0.974 bits per heavy atom. The average Bonchev–Trinajstić information content (AvgIpc) is 2.97. The number of sulfone groups is 1. The van der Waals surface area contributed by atoms with E-state index in [1.165, 1.54) is 12.1 Å². The average molecular weight is 547 g/mol. The van der Waals surface area contributed by atoms with Crippen molar-refractivity contribution in [3.8, 4) is 16.9 Å². The Morgan fingerprint density at radius 2 is 1.53 bits per heavy atom. The number of nitrogens with one attached hydrogen (secondary N) is 2. The van der Waals surface area contributed by atoms with Crippen LogP contribution in [0, 0.1) is 5.92 Å². The summed E-state index contributed by atoms with van der Waals surface area (Å²) in [6.07, 6.45) is 0.996. The van der Waals surface area contributed by atoms with E-state index in [0.717, 1.165) is 16.9 Å². The molecular formula is C26H34N4O7S. The van der Waals surface area contributed by atoms with Gasteiger partial charge >= 0.3 is 6.03 Å². The van der Waals surface area contributed by atoms with Gasteiger partial charge in [0.15, 0.2) is 9.84 Å². The van der Waals surface area contributed by atoms with Crippen molar-refractivity contribution >= 4 is 21.8 Å². The first-order valence-corrected chi connectivity index (χ1v) is 14.2. The van der Waals surface area contributed by atoms with Gasteiger partial charge in [-0.2, -0.15) is 0 Å². The maximum atomic E-state index is 13.0. The van der Waals surface area contributed by atoms with E-state index in [-0.39, 0.29) is 16.8 Å². The van der Waals surface area contributed by atoms with Crippen LogP contribution in [0.2, 0.25) is 0 Å². The summed E-state index contributed by atoms with van der Waals surface area (Å²) in [5, 5.41) is 12.1. The SMILES string of the molecule is COc1ccc(-c2ccc(S(=O)(=O)CNC(C(=O)NO)C3CCN(C(=O)N4CCOCC4)CC3)cc2)cc1. The predicted octanol–water partition coefficient (Wildman–Crippen LogP) is 1.72. The molecule has 2 fully saturated rings. The predicted molar refractivity (Wildman–Crippen MR) is 139 cm³/mol. The van der Waals surface area contributed by atoms with Gasteiger partial charge in [0.05, 0.1) is 31.3 Å². The van der Waals surface area contributed by atoms with Crippen molar-refractivity contribution in [2.24, 2.45) is 5.92 Å². The van der Waals surface area contributed by atoms with Crippen LogP contribution in [0.1, 0.15) is 12.8 Å². The molecule has 0 aliphatic carbocycles. The minimum Gasteiger partial charge on any atom is -0.497 e. The van der Waals surface area contributed by atoms with Crippen LogP contribution in [0.3, 0.4) is 0 Å². The molecule has 0 spiro atoms. The molecule has 0 aromatic heterocycles. The van der Waals surface area contributed by atoms with Gasteiger partial charge in [0.25, 0.3) is 5.91 Å². The van der Waals surface area contributed by atoms with Crippen molar-refractivity contribution in [3.05, 3.63) is 48.5 Å². The molecule has 0 saturated carbocycles. The molecule has 2 aliphatic rings. The lowest BCUT2D eigenvalue weighted by atomic mass is 9.89. The molecule has 0 radical (unpaired) electrons. The monoisotopic (exact) mass is 546 g/mol. The zero-order valence-electron chi connectivity index (χ0n) is 21.3. The number of amides is 3. The highest BCUT2D eigenvalue weighted by molar-refractivity contribution is 7.91. The Labute approximate surface area is 222 Å². The lowest BCUT2D eigenvalue weighted by molar-refractivity contribution is -0.133. The molecule has 2 aromatic carbocycles. The number of carbonyl (C=O) groups is 2. The molecule has 1 unspecified atom stereocenters. The van der Waals surface area contributed by atoms with Crippen molar-refractivity contribution in [3.63, 3.8) is 0 Å². The minimum atomic E-state index is -3.76. The smallest absolute Gasteiger partial charge is 0.320 e. The second kappa shape index (κ2) is 12.6. The normalized spacial score (nSPS) is 17.6. The second-order valence-corrected chi connectivity index (χ2v) is 11.4. The van der Waals surface area contributed by atoms with Crippen molar-refractivity contribution in [2.75, 3.05) is 52.4 Å². The van der Waals surface area contributed by atoms with Crippen molar-refractivity contribution < 1.29 is 32.7 Å². The molecule has 4 rings (SSSR count). The first kappa shape index (κ1) is 27.8. The topological polar surface area (TPSA) is 138 Å². The van der Waals surface area contributed by atoms with Crippen LogP contribution < -0.4 is 15.5 Å². The number of rotatable bonds is 8. The summed E-state index contributed by atoms with van der Waals surface area (Å²) in [5.41, 5.74) is 3.43. The van der Waals surface area contributed by atoms with Gasteiger partial charge in [-0.15, -0.1) is 0 Å². The molecule has 12 heteroatoms.